The van der Waals surface area contributed by atoms with Crippen molar-refractivity contribution in [3.8, 4) is 20.5 Å². The Bertz CT molecular complexity index is 828. The maximum atomic E-state index is 13.3. The average Bonchev–Trinajstić information content (AvgIpc) is 3.15. The average molecular weight is 334 g/mol. The number of benzene rings is 1. The smallest absolute Gasteiger partial charge is 0.358 e. The Hall–Kier alpha value is -2.12. The number of esters is 1. The van der Waals surface area contributed by atoms with Crippen LogP contribution in [0.3, 0.4) is 0 Å². The van der Waals surface area contributed by atoms with Gasteiger partial charge in [-0.25, -0.2) is 19.2 Å². The molecule has 0 aliphatic carbocycles. The predicted octanol–water partition coefficient (Wildman–Crippen LogP) is 4.17. The monoisotopic (exact) mass is 334 g/mol. The molecule has 0 fully saturated rings. The summed E-state index contributed by atoms with van der Waals surface area (Å²) in [5, 5.41) is 3.23. The van der Waals surface area contributed by atoms with Crippen LogP contribution in [0.25, 0.3) is 20.5 Å². The van der Waals surface area contributed by atoms with Crippen LogP contribution >= 0.6 is 22.7 Å². The minimum atomic E-state index is -0.516. The number of hydrogen-bond acceptors (Lipinski definition) is 6. The van der Waals surface area contributed by atoms with Gasteiger partial charge in [-0.3, -0.25) is 0 Å². The topological polar surface area (TPSA) is 52.1 Å². The number of thiazole rings is 2. The number of hydrogen-bond donors (Lipinski definition) is 0. The molecule has 0 unspecified atom stereocenters. The van der Waals surface area contributed by atoms with E-state index in [1.165, 1.54) is 41.9 Å². The molecule has 112 valence electrons. The summed E-state index contributed by atoms with van der Waals surface area (Å²) in [4.78, 5) is 21.2. The number of carbonyl (C=O) groups excluding carboxylic acids is 1. The minimum Gasteiger partial charge on any atom is -0.464 e. The van der Waals surface area contributed by atoms with Gasteiger partial charge >= 0.3 is 5.97 Å². The molecule has 7 heteroatoms. The largest absolute Gasteiger partial charge is 0.464 e. The Morgan fingerprint density at radius 2 is 2.14 bits per heavy atom. The molecular formula is C15H11FN2O2S2. The number of aromatic nitrogens is 2. The van der Waals surface area contributed by atoms with Crippen LogP contribution in [0.15, 0.2) is 29.8 Å². The summed E-state index contributed by atoms with van der Waals surface area (Å²) in [6, 6.07) is 4.45. The highest BCUT2D eigenvalue weighted by Gasteiger charge is 2.22. The normalized spacial score (nSPS) is 10.7. The summed E-state index contributed by atoms with van der Waals surface area (Å²) in [7, 11) is 1.31. The van der Waals surface area contributed by atoms with Crippen molar-refractivity contribution >= 4 is 28.6 Å². The molecule has 0 saturated carbocycles. The molecular weight excluding hydrogens is 323 g/mol. The molecule has 0 radical (unpaired) electrons. The summed E-state index contributed by atoms with van der Waals surface area (Å²) in [5.74, 6) is -0.830. The highest BCUT2D eigenvalue weighted by Crippen LogP contribution is 2.38. The fourth-order valence-electron chi connectivity index (χ4n) is 2.04. The van der Waals surface area contributed by atoms with Crippen LogP contribution < -0.4 is 0 Å². The van der Waals surface area contributed by atoms with E-state index in [0.29, 0.717) is 9.88 Å². The van der Waals surface area contributed by atoms with E-state index in [1.54, 1.807) is 19.2 Å². The van der Waals surface area contributed by atoms with Crippen molar-refractivity contribution in [2.45, 2.75) is 6.92 Å². The van der Waals surface area contributed by atoms with E-state index in [4.69, 9.17) is 4.74 Å². The van der Waals surface area contributed by atoms with E-state index < -0.39 is 5.97 Å². The van der Waals surface area contributed by atoms with Gasteiger partial charge in [-0.1, -0.05) is 6.07 Å². The summed E-state index contributed by atoms with van der Waals surface area (Å²) in [6.45, 7) is 1.79. The predicted molar refractivity (Wildman–Crippen MR) is 84.7 cm³/mol. The van der Waals surface area contributed by atoms with Gasteiger partial charge in [0.1, 0.15) is 5.82 Å². The zero-order valence-electron chi connectivity index (χ0n) is 11.8. The van der Waals surface area contributed by atoms with Gasteiger partial charge in [0.05, 0.1) is 12.0 Å². The van der Waals surface area contributed by atoms with Gasteiger partial charge in [-0.15, -0.1) is 22.7 Å². The first-order chi connectivity index (χ1) is 10.6. The van der Waals surface area contributed by atoms with Gasteiger partial charge in [-0.05, 0) is 30.2 Å². The maximum absolute atomic E-state index is 13.3. The van der Waals surface area contributed by atoms with E-state index >= 15 is 0 Å². The molecule has 22 heavy (non-hydrogen) atoms. The van der Waals surface area contributed by atoms with Crippen molar-refractivity contribution in [1.82, 2.24) is 9.97 Å². The van der Waals surface area contributed by atoms with Crippen LogP contribution in [-0.2, 0) is 4.74 Å². The lowest BCUT2D eigenvalue weighted by Gasteiger charge is -2.05. The van der Waals surface area contributed by atoms with E-state index in [-0.39, 0.29) is 11.5 Å². The van der Waals surface area contributed by atoms with Crippen LogP contribution in [0.2, 0.25) is 0 Å². The SMILES string of the molecule is COC(=O)c1nc(-c2nccs2)sc1-c1ccc(F)cc1C. The molecule has 0 atom stereocenters. The van der Waals surface area contributed by atoms with Gasteiger partial charge in [0.2, 0.25) is 0 Å². The standard InChI is InChI=1S/C15H11FN2O2S2/c1-8-7-9(16)3-4-10(8)12-11(15(19)20-2)18-14(22-12)13-17-5-6-21-13/h3-7H,1-2H3. The van der Waals surface area contributed by atoms with Gasteiger partial charge in [-0.2, -0.15) is 0 Å². The molecule has 3 rings (SSSR count). The third-order valence-corrected chi connectivity index (χ3v) is 5.06. The summed E-state index contributed by atoms with van der Waals surface area (Å²) >= 11 is 2.79. The molecule has 0 aliphatic rings. The lowest BCUT2D eigenvalue weighted by atomic mass is 10.1. The van der Waals surface area contributed by atoms with Crippen molar-refractivity contribution in [3.05, 3.63) is 46.9 Å². The maximum Gasteiger partial charge on any atom is 0.358 e. The lowest BCUT2D eigenvalue weighted by Crippen LogP contribution is -2.03. The van der Waals surface area contributed by atoms with Crippen LogP contribution in [0, 0.1) is 12.7 Å². The molecule has 1 aromatic carbocycles. The molecule has 0 saturated heterocycles. The summed E-state index contributed by atoms with van der Waals surface area (Å²) < 4.78 is 18.1. The molecule has 0 aliphatic heterocycles. The van der Waals surface area contributed by atoms with Crippen LogP contribution in [0.4, 0.5) is 4.39 Å². The minimum absolute atomic E-state index is 0.229. The van der Waals surface area contributed by atoms with E-state index in [0.717, 1.165) is 16.1 Å². The van der Waals surface area contributed by atoms with Crippen LogP contribution in [-0.4, -0.2) is 23.0 Å². The van der Waals surface area contributed by atoms with E-state index in [2.05, 4.69) is 9.97 Å². The third-order valence-electron chi connectivity index (χ3n) is 3.05. The van der Waals surface area contributed by atoms with Crippen LogP contribution in [0.5, 0.6) is 0 Å². The molecule has 0 amide bonds. The Balaban J connectivity index is 2.18. The van der Waals surface area contributed by atoms with E-state index in [9.17, 15) is 9.18 Å². The lowest BCUT2D eigenvalue weighted by molar-refractivity contribution is 0.0596. The molecule has 2 heterocycles. The van der Waals surface area contributed by atoms with Gasteiger partial charge in [0.15, 0.2) is 15.7 Å². The second kappa shape index (κ2) is 5.94. The summed E-state index contributed by atoms with van der Waals surface area (Å²) in [6.07, 6.45) is 1.68. The molecule has 4 nitrogen and oxygen atoms in total. The Morgan fingerprint density at radius 3 is 2.77 bits per heavy atom. The van der Waals surface area contributed by atoms with Crippen molar-refractivity contribution in [2.24, 2.45) is 0 Å². The number of rotatable bonds is 3. The Morgan fingerprint density at radius 1 is 1.32 bits per heavy atom. The number of methoxy groups -OCH3 is 1. The van der Waals surface area contributed by atoms with Crippen molar-refractivity contribution in [3.63, 3.8) is 0 Å². The first-order valence-electron chi connectivity index (χ1n) is 6.35. The zero-order chi connectivity index (χ0) is 15.7. The number of aryl methyl sites for hydroxylation is 1. The van der Waals surface area contributed by atoms with E-state index in [1.807, 2.05) is 5.38 Å². The van der Waals surface area contributed by atoms with Gasteiger partial charge in [0.25, 0.3) is 0 Å². The van der Waals surface area contributed by atoms with Gasteiger partial charge in [0, 0.05) is 11.6 Å². The number of halogens is 1. The second-order valence-corrected chi connectivity index (χ2v) is 6.38. The first-order valence-corrected chi connectivity index (χ1v) is 8.05. The highest BCUT2D eigenvalue weighted by molar-refractivity contribution is 7.22. The highest BCUT2D eigenvalue weighted by atomic mass is 32.1. The van der Waals surface area contributed by atoms with Crippen molar-refractivity contribution < 1.29 is 13.9 Å². The number of ether oxygens (including phenoxy) is 1. The first kappa shape index (κ1) is 14.8. The Kier molecular flexibility index (Phi) is 4.00. The number of carbonyl (C=O) groups is 1. The van der Waals surface area contributed by atoms with Gasteiger partial charge < -0.3 is 4.74 Å². The molecule has 0 bridgehead atoms. The molecule has 3 aromatic rings. The fraction of sp³-hybridized carbons (Fsp3) is 0.133. The van der Waals surface area contributed by atoms with Crippen molar-refractivity contribution in [1.29, 1.82) is 0 Å². The van der Waals surface area contributed by atoms with Crippen LogP contribution in [0.1, 0.15) is 16.1 Å². The van der Waals surface area contributed by atoms with Crippen molar-refractivity contribution in [2.75, 3.05) is 7.11 Å². The molecule has 0 spiro atoms. The number of nitrogens with zero attached hydrogens (tertiary/aromatic N) is 2. The molecule has 2 aromatic heterocycles. The quantitative estimate of drug-likeness (QED) is 0.675. The third kappa shape index (κ3) is 2.65. The summed E-state index contributed by atoms with van der Waals surface area (Å²) in [5.41, 5.74) is 1.73. The zero-order valence-corrected chi connectivity index (χ0v) is 13.4. The fourth-order valence-corrected chi connectivity index (χ4v) is 3.86. The second-order valence-electron chi connectivity index (χ2n) is 4.48. The molecule has 0 N–H and O–H groups in total. The Labute approximate surface area is 134 Å².